The van der Waals surface area contributed by atoms with Gasteiger partial charge in [0.15, 0.2) is 0 Å². The van der Waals surface area contributed by atoms with E-state index in [1.54, 1.807) is 0 Å². The van der Waals surface area contributed by atoms with Gasteiger partial charge in [-0.2, -0.15) is 0 Å². The summed E-state index contributed by atoms with van der Waals surface area (Å²) in [5, 5.41) is 9.83. The molecule has 1 saturated heterocycles. The normalized spacial score (nSPS) is 22.0. The maximum Gasteiger partial charge on any atom is 0.233 e. The van der Waals surface area contributed by atoms with Crippen LogP contribution in [0.4, 0.5) is 0 Å². The molecule has 3 unspecified atom stereocenters. The van der Waals surface area contributed by atoms with Crippen LogP contribution in [0.15, 0.2) is 0 Å². The molecule has 0 aromatic rings. The second-order valence-corrected chi connectivity index (χ2v) is 7.01. The summed E-state index contributed by atoms with van der Waals surface area (Å²) in [5.74, 6) is 0.176. The van der Waals surface area contributed by atoms with Crippen LogP contribution in [0.5, 0.6) is 0 Å². The third-order valence-corrected chi connectivity index (χ3v) is 4.99. The number of nitrogens with zero attached hydrogens (tertiary/aromatic N) is 1. The minimum Gasteiger partial charge on any atom is -0.329 e. The molecule has 1 aliphatic rings. The topological polar surface area (TPSA) is 99.5 Å². The molecule has 2 amide bonds. The fraction of sp³-hybridized carbons (Fsp3) is 0.889. The zero-order valence-corrected chi connectivity index (χ0v) is 16.1. The number of hydrogen-bond acceptors (Lipinski definition) is 6. The lowest BCUT2D eigenvalue weighted by molar-refractivity contribution is -0.139. The highest BCUT2D eigenvalue weighted by Crippen LogP contribution is 2.31. The summed E-state index contributed by atoms with van der Waals surface area (Å²) in [6.45, 7) is 12.3. The summed E-state index contributed by atoms with van der Waals surface area (Å²) in [5.41, 5.74) is 5.40. The van der Waals surface area contributed by atoms with E-state index in [0.29, 0.717) is 25.6 Å². The number of rotatable bonds is 14. The van der Waals surface area contributed by atoms with E-state index in [1.165, 1.54) is 4.90 Å². The lowest BCUT2D eigenvalue weighted by Crippen LogP contribution is -2.39. The van der Waals surface area contributed by atoms with Crippen LogP contribution in [0.2, 0.25) is 0 Å². The van der Waals surface area contributed by atoms with Gasteiger partial charge in [0, 0.05) is 58.3 Å². The summed E-state index contributed by atoms with van der Waals surface area (Å²) in [7, 11) is 0. The predicted molar refractivity (Wildman–Crippen MR) is 101 cm³/mol. The fourth-order valence-electron chi connectivity index (χ4n) is 3.09. The van der Waals surface area contributed by atoms with Crippen LogP contribution in [0.25, 0.3) is 0 Å². The molecule has 0 bridgehead atoms. The first kappa shape index (κ1) is 22.0. The molecule has 3 atom stereocenters. The molecule has 1 rings (SSSR count). The molecule has 0 aromatic heterocycles. The summed E-state index contributed by atoms with van der Waals surface area (Å²) in [6.07, 6.45) is 1.86. The lowest BCUT2D eigenvalue weighted by Gasteiger charge is -2.17. The van der Waals surface area contributed by atoms with Crippen molar-refractivity contribution in [2.45, 2.75) is 33.6 Å². The molecule has 0 aromatic carbocycles. The smallest absolute Gasteiger partial charge is 0.233 e. The molecule has 0 saturated carbocycles. The van der Waals surface area contributed by atoms with Gasteiger partial charge in [-0.1, -0.05) is 27.2 Å². The van der Waals surface area contributed by atoms with Crippen molar-refractivity contribution in [3.63, 3.8) is 0 Å². The molecule has 1 heterocycles. The van der Waals surface area contributed by atoms with Crippen molar-refractivity contribution < 1.29 is 9.59 Å². The Balaban J connectivity index is 2.18. The summed E-state index contributed by atoms with van der Waals surface area (Å²) < 4.78 is 0. The average Bonchev–Trinajstić information content (AvgIpc) is 2.80. The molecule has 7 nitrogen and oxygen atoms in total. The van der Waals surface area contributed by atoms with Gasteiger partial charge in [-0.05, 0) is 12.3 Å². The predicted octanol–water partition coefficient (Wildman–Crippen LogP) is -0.229. The number of amides is 2. The zero-order valence-electron chi connectivity index (χ0n) is 16.1. The number of likely N-dealkylation sites (tertiary alicyclic amines) is 1. The standard InChI is InChI=1S/C18H37N5O2/c1-4-14(2)13-16-15(3)17(24)23(18(16)25)12-11-22-10-9-21-8-7-20-6-5-19/h14-16,20-22H,4-13,19H2,1-3H3. The van der Waals surface area contributed by atoms with E-state index >= 15 is 0 Å². The third kappa shape index (κ3) is 7.40. The number of nitrogens with one attached hydrogen (secondary N) is 3. The summed E-state index contributed by atoms with van der Waals surface area (Å²) >= 11 is 0. The van der Waals surface area contributed by atoms with Gasteiger partial charge in [0.25, 0.3) is 0 Å². The number of carbonyl (C=O) groups is 2. The van der Waals surface area contributed by atoms with Gasteiger partial charge in [-0.15, -0.1) is 0 Å². The van der Waals surface area contributed by atoms with Gasteiger partial charge in [-0.3, -0.25) is 14.5 Å². The van der Waals surface area contributed by atoms with Crippen molar-refractivity contribution in [1.29, 1.82) is 0 Å². The second kappa shape index (κ2) is 12.4. The number of imide groups is 1. The molecule has 5 N–H and O–H groups in total. The molecule has 1 fully saturated rings. The van der Waals surface area contributed by atoms with Crippen LogP contribution in [-0.4, -0.2) is 69.1 Å². The van der Waals surface area contributed by atoms with E-state index in [1.807, 2.05) is 6.92 Å². The van der Waals surface area contributed by atoms with Gasteiger partial charge < -0.3 is 21.7 Å². The molecule has 0 spiro atoms. The van der Waals surface area contributed by atoms with E-state index < -0.39 is 0 Å². The van der Waals surface area contributed by atoms with Gasteiger partial charge in [0.05, 0.1) is 5.92 Å². The Labute approximate surface area is 152 Å². The van der Waals surface area contributed by atoms with Crippen LogP contribution < -0.4 is 21.7 Å². The van der Waals surface area contributed by atoms with E-state index in [4.69, 9.17) is 5.73 Å². The quantitative estimate of drug-likeness (QED) is 0.254. The van der Waals surface area contributed by atoms with Crippen molar-refractivity contribution in [3.05, 3.63) is 0 Å². The molecule has 0 aliphatic carbocycles. The molecule has 146 valence electrons. The largest absolute Gasteiger partial charge is 0.329 e. The first-order valence-electron chi connectivity index (χ1n) is 9.70. The Kier molecular flexibility index (Phi) is 10.9. The van der Waals surface area contributed by atoms with Crippen molar-refractivity contribution in [2.75, 3.05) is 52.4 Å². The maximum atomic E-state index is 12.5. The van der Waals surface area contributed by atoms with E-state index in [2.05, 4.69) is 29.8 Å². The molecule has 25 heavy (non-hydrogen) atoms. The van der Waals surface area contributed by atoms with Crippen molar-refractivity contribution in [2.24, 2.45) is 23.5 Å². The van der Waals surface area contributed by atoms with Crippen LogP contribution in [-0.2, 0) is 9.59 Å². The minimum atomic E-state index is -0.177. The highest BCUT2D eigenvalue weighted by atomic mass is 16.2. The van der Waals surface area contributed by atoms with Crippen LogP contribution in [0.1, 0.15) is 33.6 Å². The Morgan fingerprint density at radius 2 is 1.56 bits per heavy atom. The average molecular weight is 356 g/mol. The summed E-state index contributed by atoms with van der Waals surface area (Å²) in [4.78, 5) is 26.3. The van der Waals surface area contributed by atoms with Crippen molar-refractivity contribution in [1.82, 2.24) is 20.9 Å². The second-order valence-electron chi connectivity index (χ2n) is 7.01. The number of carbonyl (C=O) groups excluding carboxylic acids is 2. The van der Waals surface area contributed by atoms with E-state index in [-0.39, 0.29) is 23.7 Å². The SMILES string of the molecule is CCC(C)CC1C(=O)N(CCNCCNCCNCCN)C(=O)C1C. The van der Waals surface area contributed by atoms with Crippen LogP contribution in [0.3, 0.4) is 0 Å². The van der Waals surface area contributed by atoms with Crippen molar-refractivity contribution in [3.8, 4) is 0 Å². The Morgan fingerprint density at radius 1 is 1.00 bits per heavy atom. The first-order valence-corrected chi connectivity index (χ1v) is 9.70. The molecular weight excluding hydrogens is 318 g/mol. The van der Waals surface area contributed by atoms with Crippen LogP contribution in [0, 0.1) is 17.8 Å². The monoisotopic (exact) mass is 355 g/mol. The zero-order chi connectivity index (χ0) is 18.7. The highest BCUT2D eigenvalue weighted by molar-refractivity contribution is 6.04. The van der Waals surface area contributed by atoms with Crippen LogP contribution >= 0.6 is 0 Å². The third-order valence-electron chi connectivity index (χ3n) is 4.99. The lowest BCUT2D eigenvalue weighted by atomic mass is 9.87. The van der Waals surface area contributed by atoms with E-state index in [9.17, 15) is 9.59 Å². The minimum absolute atomic E-state index is 0.00999. The maximum absolute atomic E-state index is 12.5. The first-order chi connectivity index (χ1) is 12.0. The molecule has 0 radical (unpaired) electrons. The Hall–Kier alpha value is -1.02. The van der Waals surface area contributed by atoms with Gasteiger partial charge in [0.1, 0.15) is 0 Å². The fourth-order valence-corrected chi connectivity index (χ4v) is 3.09. The highest BCUT2D eigenvalue weighted by Gasteiger charge is 2.44. The molecule has 7 heteroatoms. The number of nitrogens with two attached hydrogens (primary N) is 1. The molecular formula is C18H37N5O2. The van der Waals surface area contributed by atoms with Crippen molar-refractivity contribution >= 4 is 11.8 Å². The Bertz CT molecular complexity index is 405. The Morgan fingerprint density at radius 3 is 2.12 bits per heavy atom. The summed E-state index contributed by atoms with van der Waals surface area (Å²) in [6, 6.07) is 0. The van der Waals surface area contributed by atoms with Gasteiger partial charge in [-0.25, -0.2) is 0 Å². The van der Waals surface area contributed by atoms with Gasteiger partial charge in [0.2, 0.25) is 11.8 Å². The number of hydrogen-bond donors (Lipinski definition) is 4. The van der Waals surface area contributed by atoms with Gasteiger partial charge >= 0.3 is 0 Å². The molecule has 1 aliphatic heterocycles. The van der Waals surface area contributed by atoms with E-state index in [0.717, 1.165) is 45.6 Å².